The van der Waals surface area contributed by atoms with Crippen LogP contribution < -0.4 is 15.2 Å². The third-order valence-corrected chi connectivity index (χ3v) is 2.70. The Morgan fingerprint density at radius 2 is 1.58 bits per heavy atom. The summed E-state index contributed by atoms with van der Waals surface area (Å²) in [6.45, 7) is 1.48. The van der Waals surface area contributed by atoms with E-state index in [4.69, 9.17) is 15.2 Å². The van der Waals surface area contributed by atoms with E-state index in [0.717, 1.165) is 5.75 Å². The van der Waals surface area contributed by atoms with Crippen LogP contribution in [0.15, 0.2) is 42.5 Å². The molecule has 0 aliphatic heterocycles. The first kappa shape index (κ1) is 13.0. The number of hydrogen-bond donors (Lipinski definition) is 1. The van der Waals surface area contributed by atoms with Gasteiger partial charge in [-0.05, 0) is 43.3 Å². The van der Waals surface area contributed by atoms with Crippen molar-refractivity contribution in [1.29, 1.82) is 0 Å². The second-order valence-corrected chi connectivity index (χ2v) is 4.08. The molecule has 0 aromatic heterocycles. The van der Waals surface area contributed by atoms with Crippen LogP contribution in [0.25, 0.3) is 0 Å². The fourth-order valence-electron chi connectivity index (χ4n) is 1.70. The molecule has 0 unspecified atom stereocenters. The second kappa shape index (κ2) is 5.44. The van der Waals surface area contributed by atoms with Crippen LogP contribution in [0.2, 0.25) is 0 Å². The highest BCUT2D eigenvalue weighted by molar-refractivity contribution is 5.99. The van der Waals surface area contributed by atoms with Crippen LogP contribution in [-0.4, -0.2) is 12.9 Å². The zero-order chi connectivity index (χ0) is 13.8. The number of ether oxygens (including phenoxy) is 2. The highest BCUT2D eigenvalue weighted by atomic mass is 16.5. The van der Waals surface area contributed by atoms with Gasteiger partial charge in [0.25, 0.3) is 0 Å². The second-order valence-electron chi connectivity index (χ2n) is 4.08. The van der Waals surface area contributed by atoms with Crippen LogP contribution in [0.1, 0.15) is 17.3 Å². The molecule has 0 amide bonds. The van der Waals surface area contributed by atoms with Crippen molar-refractivity contribution in [1.82, 2.24) is 0 Å². The monoisotopic (exact) mass is 257 g/mol. The van der Waals surface area contributed by atoms with Gasteiger partial charge in [-0.3, -0.25) is 4.79 Å². The third kappa shape index (κ3) is 3.04. The van der Waals surface area contributed by atoms with Crippen LogP contribution in [0.4, 0.5) is 5.69 Å². The Morgan fingerprint density at radius 1 is 1.00 bits per heavy atom. The van der Waals surface area contributed by atoms with E-state index in [2.05, 4.69) is 0 Å². The summed E-state index contributed by atoms with van der Waals surface area (Å²) in [7, 11) is 1.61. The average Bonchev–Trinajstić information content (AvgIpc) is 2.39. The van der Waals surface area contributed by atoms with E-state index in [-0.39, 0.29) is 5.78 Å². The van der Waals surface area contributed by atoms with Gasteiger partial charge < -0.3 is 15.2 Å². The molecule has 0 saturated heterocycles. The minimum absolute atomic E-state index is 0.0616. The summed E-state index contributed by atoms with van der Waals surface area (Å²) in [6.07, 6.45) is 0. The minimum atomic E-state index is -0.0616. The van der Waals surface area contributed by atoms with Crippen molar-refractivity contribution in [2.24, 2.45) is 0 Å². The molecule has 0 spiro atoms. The number of Topliss-reactive ketones (excluding diaryl/α,β-unsaturated/α-hetero) is 1. The number of nitrogens with two attached hydrogens (primary N) is 1. The standard InChI is InChI=1S/C15H15NO3/c1-10(17)14-8-7-13(9-15(14)16)19-12-5-3-11(18-2)4-6-12/h3-9H,16H2,1-2H3. The number of ketones is 1. The summed E-state index contributed by atoms with van der Waals surface area (Å²) >= 11 is 0. The van der Waals surface area contributed by atoms with Crippen LogP contribution in [-0.2, 0) is 0 Å². The normalized spacial score (nSPS) is 10.0. The fraction of sp³-hybridized carbons (Fsp3) is 0.133. The van der Waals surface area contributed by atoms with Crippen molar-refractivity contribution in [2.45, 2.75) is 6.92 Å². The lowest BCUT2D eigenvalue weighted by Crippen LogP contribution is -1.99. The van der Waals surface area contributed by atoms with Crippen molar-refractivity contribution < 1.29 is 14.3 Å². The maximum absolute atomic E-state index is 11.3. The molecule has 0 bridgehead atoms. The Labute approximate surface area is 111 Å². The van der Waals surface area contributed by atoms with Gasteiger partial charge in [0.15, 0.2) is 5.78 Å². The van der Waals surface area contributed by atoms with Gasteiger partial charge in [0.1, 0.15) is 17.2 Å². The van der Waals surface area contributed by atoms with Gasteiger partial charge in [-0.1, -0.05) is 0 Å². The van der Waals surface area contributed by atoms with Gasteiger partial charge in [-0.2, -0.15) is 0 Å². The van der Waals surface area contributed by atoms with E-state index < -0.39 is 0 Å². The summed E-state index contributed by atoms with van der Waals surface area (Å²) in [6, 6.07) is 12.2. The first-order chi connectivity index (χ1) is 9.10. The first-order valence-corrected chi connectivity index (χ1v) is 5.82. The molecular formula is C15H15NO3. The molecule has 0 atom stereocenters. The highest BCUT2D eigenvalue weighted by Crippen LogP contribution is 2.26. The van der Waals surface area contributed by atoms with E-state index in [1.165, 1.54) is 6.92 Å². The van der Waals surface area contributed by atoms with E-state index in [1.807, 2.05) is 12.1 Å². The van der Waals surface area contributed by atoms with Crippen LogP contribution in [0.5, 0.6) is 17.2 Å². The smallest absolute Gasteiger partial charge is 0.161 e. The lowest BCUT2D eigenvalue weighted by Gasteiger charge is -2.08. The number of benzene rings is 2. The topological polar surface area (TPSA) is 61.5 Å². The van der Waals surface area contributed by atoms with E-state index >= 15 is 0 Å². The Kier molecular flexibility index (Phi) is 3.71. The lowest BCUT2D eigenvalue weighted by molar-refractivity contribution is 0.101. The lowest BCUT2D eigenvalue weighted by atomic mass is 10.1. The number of anilines is 1. The Bertz CT molecular complexity index is 591. The molecule has 19 heavy (non-hydrogen) atoms. The Balaban J connectivity index is 2.18. The SMILES string of the molecule is COc1ccc(Oc2ccc(C(C)=O)c(N)c2)cc1. The van der Waals surface area contributed by atoms with Crippen molar-refractivity contribution in [3.8, 4) is 17.2 Å². The Hall–Kier alpha value is -2.49. The minimum Gasteiger partial charge on any atom is -0.497 e. The molecule has 4 heteroatoms. The van der Waals surface area contributed by atoms with Gasteiger partial charge >= 0.3 is 0 Å². The van der Waals surface area contributed by atoms with E-state index in [9.17, 15) is 4.79 Å². The van der Waals surface area contributed by atoms with Gasteiger partial charge in [0.05, 0.1) is 7.11 Å². The predicted octanol–water partition coefficient (Wildman–Crippen LogP) is 3.27. The average molecular weight is 257 g/mol. The molecule has 2 rings (SSSR count). The van der Waals surface area contributed by atoms with Gasteiger partial charge in [0.2, 0.25) is 0 Å². The number of nitrogen functional groups attached to an aromatic ring is 1. The molecule has 0 aliphatic rings. The molecule has 0 heterocycles. The Morgan fingerprint density at radius 3 is 2.11 bits per heavy atom. The number of hydrogen-bond acceptors (Lipinski definition) is 4. The summed E-state index contributed by atoms with van der Waals surface area (Å²) in [4.78, 5) is 11.3. The molecule has 4 nitrogen and oxygen atoms in total. The number of carbonyl (C=O) groups is 1. The molecule has 0 aliphatic carbocycles. The summed E-state index contributed by atoms with van der Waals surface area (Å²) in [5.74, 6) is 1.97. The maximum atomic E-state index is 11.3. The van der Waals surface area contributed by atoms with Crippen LogP contribution >= 0.6 is 0 Å². The fourth-order valence-corrected chi connectivity index (χ4v) is 1.70. The zero-order valence-electron chi connectivity index (χ0n) is 10.8. The first-order valence-electron chi connectivity index (χ1n) is 5.82. The number of methoxy groups -OCH3 is 1. The molecule has 2 N–H and O–H groups in total. The zero-order valence-corrected chi connectivity index (χ0v) is 10.8. The summed E-state index contributed by atoms with van der Waals surface area (Å²) < 4.78 is 10.7. The van der Waals surface area contributed by atoms with Crippen LogP contribution in [0, 0.1) is 0 Å². The van der Waals surface area contributed by atoms with Gasteiger partial charge in [-0.15, -0.1) is 0 Å². The van der Waals surface area contributed by atoms with Crippen molar-refractivity contribution in [2.75, 3.05) is 12.8 Å². The molecule has 0 fully saturated rings. The predicted molar refractivity (Wildman–Crippen MR) is 73.9 cm³/mol. The van der Waals surface area contributed by atoms with E-state index in [0.29, 0.717) is 22.7 Å². The number of rotatable bonds is 4. The molecule has 2 aromatic carbocycles. The van der Waals surface area contributed by atoms with Crippen molar-refractivity contribution >= 4 is 11.5 Å². The molecule has 2 aromatic rings. The number of carbonyl (C=O) groups excluding carboxylic acids is 1. The largest absolute Gasteiger partial charge is 0.497 e. The highest BCUT2D eigenvalue weighted by Gasteiger charge is 2.06. The quantitative estimate of drug-likeness (QED) is 0.674. The van der Waals surface area contributed by atoms with Crippen molar-refractivity contribution in [3.63, 3.8) is 0 Å². The summed E-state index contributed by atoms with van der Waals surface area (Å²) in [5, 5.41) is 0. The molecule has 98 valence electrons. The van der Waals surface area contributed by atoms with Crippen molar-refractivity contribution in [3.05, 3.63) is 48.0 Å². The molecule has 0 radical (unpaired) electrons. The molecule has 0 saturated carbocycles. The maximum Gasteiger partial charge on any atom is 0.161 e. The third-order valence-electron chi connectivity index (χ3n) is 2.70. The van der Waals surface area contributed by atoms with Crippen LogP contribution in [0.3, 0.4) is 0 Å². The van der Waals surface area contributed by atoms with E-state index in [1.54, 1.807) is 37.4 Å². The van der Waals surface area contributed by atoms with Gasteiger partial charge in [0, 0.05) is 17.3 Å². The molecular weight excluding hydrogens is 242 g/mol. The summed E-state index contributed by atoms with van der Waals surface area (Å²) in [5.41, 5.74) is 6.72. The van der Waals surface area contributed by atoms with Gasteiger partial charge in [-0.25, -0.2) is 0 Å².